The molecule has 1 aromatic rings. The highest BCUT2D eigenvalue weighted by molar-refractivity contribution is 8.01. The molecule has 2 fully saturated rings. The predicted octanol–water partition coefficient (Wildman–Crippen LogP) is 5.38. The molecule has 44 heavy (non-hydrogen) atoms. The summed E-state index contributed by atoms with van der Waals surface area (Å²) in [7, 11) is 0. The average Bonchev–Trinajstić information content (AvgIpc) is 3.25. The van der Waals surface area contributed by atoms with Crippen LogP contribution in [0, 0.1) is 0 Å². The molecule has 9 nitrogen and oxygen atoms in total. The van der Waals surface area contributed by atoms with Crippen LogP contribution in [-0.4, -0.2) is 55.9 Å². The first-order valence-corrected chi connectivity index (χ1v) is 16.5. The molecule has 2 saturated heterocycles. The Morgan fingerprint density at radius 2 is 1.55 bits per heavy atom. The van der Waals surface area contributed by atoms with E-state index in [9.17, 15) is 24.3 Å². The Morgan fingerprint density at radius 3 is 2.09 bits per heavy atom. The van der Waals surface area contributed by atoms with Crippen LogP contribution in [0.5, 0.6) is 0 Å². The zero-order valence-corrected chi connectivity index (χ0v) is 27.1. The Bertz CT molecular complexity index is 1170. The first-order valence-electron chi connectivity index (χ1n) is 15.6. The van der Waals surface area contributed by atoms with Crippen molar-refractivity contribution in [1.82, 2.24) is 10.2 Å². The van der Waals surface area contributed by atoms with Gasteiger partial charge in [-0.2, -0.15) is 0 Å². The number of carbonyl (C=O) groups excluding carboxylic acids is 3. The van der Waals surface area contributed by atoms with Crippen LogP contribution in [0.3, 0.4) is 0 Å². The molecule has 1 aromatic carbocycles. The van der Waals surface area contributed by atoms with Crippen LogP contribution < -0.4 is 16.8 Å². The average molecular weight is 627 g/mol. The van der Waals surface area contributed by atoms with Gasteiger partial charge in [0.15, 0.2) is 0 Å². The molecule has 0 bridgehead atoms. The molecule has 2 aliphatic rings. The zero-order valence-electron chi connectivity index (χ0n) is 26.3. The summed E-state index contributed by atoms with van der Waals surface area (Å²) in [6, 6.07) is 6.38. The van der Waals surface area contributed by atoms with E-state index in [1.807, 2.05) is 6.07 Å². The SMILES string of the molecule is CC1(C)SC2C(NC(=O)C(N)c3ccccc3)C(=O)N2C1C(=O)O.CCCCCC=CCC=CC/C=C\CCCCC(N)=O. The van der Waals surface area contributed by atoms with Gasteiger partial charge >= 0.3 is 5.97 Å². The van der Waals surface area contributed by atoms with Crippen molar-refractivity contribution < 1.29 is 24.3 Å². The number of nitrogens with one attached hydrogen (secondary N) is 1. The van der Waals surface area contributed by atoms with Gasteiger partial charge in [0.1, 0.15) is 23.5 Å². The van der Waals surface area contributed by atoms with E-state index in [4.69, 9.17) is 11.5 Å². The predicted molar refractivity (Wildman–Crippen MR) is 177 cm³/mol. The lowest BCUT2D eigenvalue weighted by Crippen LogP contribution is -2.71. The van der Waals surface area contributed by atoms with Gasteiger partial charge in [0, 0.05) is 11.2 Å². The van der Waals surface area contributed by atoms with Gasteiger partial charge in [-0.1, -0.05) is 86.6 Å². The lowest BCUT2D eigenvalue weighted by atomic mass is 9.95. The molecule has 0 aliphatic carbocycles. The van der Waals surface area contributed by atoms with Crippen molar-refractivity contribution in [2.45, 2.75) is 113 Å². The van der Waals surface area contributed by atoms with Crippen LogP contribution in [0.15, 0.2) is 66.8 Å². The summed E-state index contributed by atoms with van der Waals surface area (Å²) in [4.78, 5) is 48.0. The summed E-state index contributed by atoms with van der Waals surface area (Å²) < 4.78 is -0.618. The van der Waals surface area contributed by atoms with E-state index in [-0.39, 0.29) is 17.2 Å². The lowest BCUT2D eigenvalue weighted by molar-refractivity contribution is -0.161. The van der Waals surface area contributed by atoms with Crippen LogP contribution in [-0.2, 0) is 19.2 Å². The van der Waals surface area contributed by atoms with Crippen molar-refractivity contribution in [3.05, 3.63) is 72.4 Å². The van der Waals surface area contributed by atoms with Crippen molar-refractivity contribution in [2.75, 3.05) is 0 Å². The van der Waals surface area contributed by atoms with Crippen molar-refractivity contribution in [1.29, 1.82) is 0 Å². The summed E-state index contributed by atoms with van der Waals surface area (Å²) in [5.74, 6) is -2.05. The molecular formula is C34H50N4O5S. The number of unbranched alkanes of at least 4 members (excludes halogenated alkanes) is 5. The van der Waals surface area contributed by atoms with Gasteiger partial charge in [-0.15, -0.1) is 11.8 Å². The number of rotatable bonds is 17. The fraction of sp³-hybridized carbons (Fsp3) is 0.529. The van der Waals surface area contributed by atoms with Crippen molar-refractivity contribution in [2.24, 2.45) is 11.5 Å². The maximum Gasteiger partial charge on any atom is 0.327 e. The Hall–Kier alpha value is -3.37. The molecule has 0 aromatic heterocycles. The zero-order chi connectivity index (χ0) is 32.5. The molecule has 242 valence electrons. The molecule has 0 spiro atoms. The van der Waals surface area contributed by atoms with Gasteiger partial charge in [0.25, 0.3) is 0 Å². The van der Waals surface area contributed by atoms with Gasteiger partial charge in [0.05, 0.1) is 0 Å². The lowest BCUT2D eigenvalue weighted by Gasteiger charge is -2.43. The number of benzene rings is 1. The third kappa shape index (κ3) is 11.6. The summed E-state index contributed by atoms with van der Waals surface area (Å²) in [5.41, 5.74) is 11.7. The largest absolute Gasteiger partial charge is 0.480 e. The van der Waals surface area contributed by atoms with E-state index in [0.717, 1.165) is 32.1 Å². The second kappa shape index (κ2) is 19.1. The molecule has 4 unspecified atom stereocenters. The number of hydrogen-bond donors (Lipinski definition) is 4. The highest BCUT2D eigenvalue weighted by atomic mass is 32.2. The maximum absolute atomic E-state index is 12.3. The Kier molecular flexibility index (Phi) is 16.0. The normalized spacial score (nSPS) is 21.1. The van der Waals surface area contributed by atoms with Crippen LogP contribution in [0.4, 0.5) is 0 Å². The van der Waals surface area contributed by atoms with E-state index in [2.05, 4.69) is 48.7 Å². The Labute approximate surface area is 266 Å². The third-order valence-corrected chi connectivity index (χ3v) is 9.05. The standard InChI is InChI=1S/C18H31NO.C16H19N3O4S/c1-2-3-4-5-6-7-8-9-10-11-12-13-14-15-16-17-18(19)20;1-16(2)11(15(22)23)19-13(21)10(14(19)24-16)18-12(20)9(17)8-6-4-3-5-7-8/h6-7,9-10,12-13H,2-5,8,11,14-17H2,1H3,(H2,19,20);3-7,9-11,14H,17H2,1-2H3,(H,18,20)(H,22,23)/b7-6?,10-9?,13-12-;. The number of carboxylic acids is 1. The molecule has 4 atom stereocenters. The maximum atomic E-state index is 12.3. The highest BCUT2D eigenvalue weighted by Gasteiger charge is 2.64. The second-order valence-electron chi connectivity index (χ2n) is 11.6. The number of carboxylic acid groups (broad SMARTS) is 1. The first kappa shape index (κ1) is 36.8. The number of amides is 3. The smallest absolute Gasteiger partial charge is 0.327 e. The van der Waals surface area contributed by atoms with Gasteiger partial charge in [-0.25, -0.2) is 4.79 Å². The van der Waals surface area contributed by atoms with E-state index in [1.165, 1.54) is 42.3 Å². The van der Waals surface area contributed by atoms with Gasteiger partial charge in [0.2, 0.25) is 17.7 Å². The van der Waals surface area contributed by atoms with Crippen LogP contribution in [0.2, 0.25) is 0 Å². The monoisotopic (exact) mass is 626 g/mol. The number of primary amides is 1. The van der Waals surface area contributed by atoms with Crippen LogP contribution in [0.1, 0.15) is 96.6 Å². The van der Waals surface area contributed by atoms with Crippen LogP contribution >= 0.6 is 11.8 Å². The quantitative estimate of drug-likeness (QED) is 0.103. The number of carbonyl (C=O) groups is 4. The van der Waals surface area contributed by atoms with Crippen molar-refractivity contribution in [3.8, 4) is 0 Å². The number of allylic oxidation sites excluding steroid dienone is 6. The topological polar surface area (TPSA) is 156 Å². The van der Waals surface area contributed by atoms with Gasteiger partial charge in [-0.3, -0.25) is 14.4 Å². The summed E-state index contributed by atoms with van der Waals surface area (Å²) >= 11 is 1.38. The molecular weight excluding hydrogens is 576 g/mol. The van der Waals surface area contributed by atoms with E-state index in [1.54, 1.807) is 38.1 Å². The minimum Gasteiger partial charge on any atom is -0.480 e. The number of hydrogen-bond acceptors (Lipinski definition) is 6. The Balaban J connectivity index is 0.000000314. The van der Waals surface area contributed by atoms with Crippen molar-refractivity contribution >= 4 is 35.5 Å². The minimum absolute atomic E-state index is 0.195. The molecule has 0 radical (unpaired) electrons. The first-order chi connectivity index (χ1) is 21.0. The summed E-state index contributed by atoms with van der Waals surface area (Å²) in [5, 5.41) is 11.7. The number of nitrogens with zero attached hydrogens (tertiary/aromatic N) is 1. The molecule has 6 N–H and O–H groups in total. The fourth-order valence-corrected chi connectivity index (χ4v) is 6.68. The molecule has 3 rings (SSSR count). The Morgan fingerprint density at radius 1 is 0.977 bits per heavy atom. The fourth-order valence-electron chi connectivity index (χ4n) is 5.05. The number of thioether (sulfide) groups is 1. The van der Waals surface area contributed by atoms with Gasteiger partial charge < -0.3 is 26.8 Å². The molecule has 0 saturated carbocycles. The second-order valence-corrected chi connectivity index (χ2v) is 13.3. The molecule has 2 aliphatic heterocycles. The van der Waals surface area contributed by atoms with Gasteiger partial charge in [-0.05, 0) is 64.4 Å². The highest BCUT2D eigenvalue weighted by Crippen LogP contribution is 2.50. The third-order valence-electron chi connectivity index (χ3n) is 7.48. The van der Waals surface area contributed by atoms with Crippen LogP contribution in [0.25, 0.3) is 0 Å². The number of β-lactam (4-membered cyclic amide) rings is 1. The number of nitrogens with two attached hydrogens (primary N) is 2. The molecule has 10 heteroatoms. The van der Waals surface area contributed by atoms with E-state index in [0.29, 0.717) is 12.0 Å². The van der Waals surface area contributed by atoms with E-state index >= 15 is 0 Å². The van der Waals surface area contributed by atoms with E-state index < -0.39 is 34.7 Å². The molecule has 3 amide bonds. The minimum atomic E-state index is -1.03. The summed E-state index contributed by atoms with van der Waals surface area (Å²) in [6.45, 7) is 5.81. The molecule has 2 heterocycles. The number of aliphatic carboxylic acids is 1. The summed E-state index contributed by atoms with van der Waals surface area (Å²) in [6.07, 6.45) is 24.0. The van der Waals surface area contributed by atoms with Crippen molar-refractivity contribution in [3.63, 3.8) is 0 Å². The number of fused-ring (bicyclic) bond motifs is 1.